The van der Waals surface area contributed by atoms with Crippen LogP contribution in [0.4, 0.5) is 0 Å². The third-order valence-corrected chi connectivity index (χ3v) is 3.58. The van der Waals surface area contributed by atoms with Crippen molar-refractivity contribution in [2.45, 2.75) is 45.6 Å². The standard InChI is InChI=1S/C14H20O/c1-11-4-6-12(7-5-11)14(15)9-8-13(2,3)10-14/h4-7,15H,8-10H2,1-3H3/t14-/m0/s1. The van der Waals surface area contributed by atoms with Crippen LogP contribution >= 0.6 is 0 Å². The van der Waals surface area contributed by atoms with E-state index in [-0.39, 0.29) is 5.41 Å². The highest BCUT2D eigenvalue weighted by molar-refractivity contribution is 5.27. The van der Waals surface area contributed by atoms with E-state index < -0.39 is 5.60 Å². The first-order chi connectivity index (χ1) is 6.91. The second-order valence-electron chi connectivity index (χ2n) is 5.74. The third kappa shape index (κ3) is 2.07. The van der Waals surface area contributed by atoms with E-state index in [2.05, 4.69) is 45.0 Å². The zero-order valence-electron chi connectivity index (χ0n) is 9.88. The van der Waals surface area contributed by atoms with Crippen molar-refractivity contribution >= 4 is 0 Å². The van der Waals surface area contributed by atoms with Crippen LogP contribution in [-0.2, 0) is 5.60 Å². The van der Waals surface area contributed by atoms with Gasteiger partial charge in [-0.15, -0.1) is 0 Å². The summed E-state index contributed by atoms with van der Waals surface area (Å²) in [6.45, 7) is 6.55. The van der Waals surface area contributed by atoms with Crippen LogP contribution < -0.4 is 0 Å². The van der Waals surface area contributed by atoms with E-state index >= 15 is 0 Å². The third-order valence-electron chi connectivity index (χ3n) is 3.58. The van der Waals surface area contributed by atoms with Gasteiger partial charge in [-0.05, 0) is 37.2 Å². The SMILES string of the molecule is Cc1ccc([C@]2(O)CCC(C)(C)C2)cc1. The fraction of sp³-hybridized carbons (Fsp3) is 0.571. The van der Waals surface area contributed by atoms with Gasteiger partial charge in [-0.2, -0.15) is 0 Å². The molecular weight excluding hydrogens is 184 g/mol. The van der Waals surface area contributed by atoms with Crippen LogP contribution in [0.25, 0.3) is 0 Å². The molecule has 1 nitrogen and oxygen atoms in total. The number of benzene rings is 1. The van der Waals surface area contributed by atoms with Crippen molar-refractivity contribution in [3.8, 4) is 0 Å². The predicted octanol–water partition coefficient (Wildman–Crippen LogP) is 3.39. The summed E-state index contributed by atoms with van der Waals surface area (Å²) >= 11 is 0. The number of hydrogen-bond donors (Lipinski definition) is 1. The highest BCUT2D eigenvalue weighted by atomic mass is 16.3. The highest BCUT2D eigenvalue weighted by Gasteiger charge is 2.42. The summed E-state index contributed by atoms with van der Waals surface area (Å²) in [6.07, 6.45) is 2.88. The molecule has 0 aromatic heterocycles. The topological polar surface area (TPSA) is 20.2 Å². The van der Waals surface area contributed by atoms with Gasteiger partial charge in [0, 0.05) is 0 Å². The summed E-state index contributed by atoms with van der Waals surface area (Å²) in [6, 6.07) is 8.30. The average molecular weight is 204 g/mol. The van der Waals surface area contributed by atoms with Crippen LogP contribution in [0.5, 0.6) is 0 Å². The Hall–Kier alpha value is -0.820. The van der Waals surface area contributed by atoms with Gasteiger partial charge in [0.25, 0.3) is 0 Å². The van der Waals surface area contributed by atoms with Gasteiger partial charge in [-0.3, -0.25) is 0 Å². The van der Waals surface area contributed by atoms with Gasteiger partial charge < -0.3 is 5.11 Å². The van der Waals surface area contributed by atoms with Gasteiger partial charge >= 0.3 is 0 Å². The Morgan fingerprint density at radius 3 is 2.13 bits per heavy atom. The maximum atomic E-state index is 10.6. The minimum Gasteiger partial charge on any atom is -0.385 e. The van der Waals surface area contributed by atoms with Gasteiger partial charge in [0.05, 0.1) is 5.60 Å². The lowest BCUT2D eigenvalue weighted by Gasteiger charge is -2.25. The minimum absolute atomic E-state index is 0.277. The maximum Gasteiger partial charge on any atom is 0.0901 e. The number of aliphatic hydroxyl groups is 1. The Morgan fingerprint density at radius 1 is 1.07 bits per heavy atom. The van der Waals surface area contributed by atoms with E-state index in [1.807, 2.05) is 0 Å². The first-order valence-electron chi connectivity index (χ1n) is 5.71. The van der Waals surface area contributed by atoms with Gasteiger partial charge in [-0.1, -0.05) is 43.7 Å². The monoisotopic (exact) mass is 204 g/mol. The fourth-order valence-corrected chi connectivity index (χ4v) is 2.62. The molecule has 2 rings (SSSR count). The molecule has 1 aliphatic carbocycles. The smallest absolute Gasteiger partial charge is 0.0901 e. The first-order valence-corrected chi connectivity index (χ1v) is 5.71. The summed E-state index contributed by atoms with van der Waals surface area (Å²) in [7, 11) is 0. The second kappa shape index (κ2) is 3.34. The molecule has 15 heavy (non-hydrogen) atoms. The second-order valence-corrected chi connectivity index (χ2v) is 5.74. The molecule has 1 atom stereocenters. The molecule has 1 heteroatoms. The van der Waals surface area contributed by atoms with E-state index in [4.69, 9.17) is 0 Å². The number of aryl methyl sites for hydroxylation is 1. The summed E-state index contributed by atoms with van der Waals surface area (Å²) < 4.78 is 0. The van der Waals surface area contributed by atoms with Crippen molar-refractivity contribution < 1.29 is 5.11 Å². The normalized spacial score (nSPS) is 29.3. The summed E-state index contributed by atoms with van der Waals surface area (Å²) in [5.74, 6) is 0. The van der Waals surface area contributed by atoms with Gasteiger partial charge in [0.15, 0.2) is 0 Å². The maximum absolute atomic E-state index is 10.6. The Kier molecular flexibility index (Phi) is 2.38. The number of rotatable bonds is 1. The highest BCUT2D eigenvalue weighted by Crippen LogP contribution is 2.48. The molecule has 1 aliphatic rings. The molecule has 0 bridgehead atoms. The molecule has 0 aliphatic heterocycles. The largest absolute Gasteiger partial charge is 0.385 e. The molecule has 0 amide bonds. The molecule has 0 radical (unpaired) electrons. The predicted molar refractivity (Wildman–Crippen MR) is 62.7 cm³/mol. The van der Waals surface area contributed by atoms with Gasteiger partial charge in [0.1, 0.15) is 0 Å². The van der Waals surface area contributed by atoms with E-state index in [0.29, 0.717) is 0 Å². The van der Waals surface area contributed by atoms with Gasteiger partial charge in [-0.25, -0.2) is 0 Å². The molecule has 1 N–H and O–H groups in total. The van der Waals surface area contributed by atoms with E-state index in [1.54, 1.807) is 0 Å². The molecule has 0 heterocycles. The summed E-state index contributed by atoms with van der Waals surface area (Å²) in [5, 5.41) is 10.6. The number of hydrogen-bond acceptors (Lipinski definition) is 1. The molecule has 1 saturated carbocycles. The zero-order valence-corrected chi connectivity index (χ0v) is 9.88. The van der Waals surface area contributed by atoms with Crippen molar-refractivity contribution in [2.75, 3.05) is 0 Å². The van der Waals surface area contributed by atoms with Crippen LogP contribution in [0.3, 0.4) is 0 Å². The molecular formula is C14H20O. The molecule has 0 unspecified atom stereocenters. The molecule has 1 fully saturated rings. The van der Waals surface area contributed by atoms with Crippen LogP contribution in [0, 0.1) is 12.3 Å². The van der Waals surface area contributed by atoms with Gasteiger partial charge in [0.2, 0.25) is 0 Å². The van der Waals surface area contributed by atoms with Crippen molar-refractivity contribution in [2.24, 2.45) is 5.41 Å². The first kappa shape index (κ1) is 10.7. The van der Waals surface area contributed by atoms with Crippen molar-refractivity contribution in [3.05, 3.63) is 35.4 Å². The molecule has 1 aromatic rings. The summed E-state index contributed by atoms with van der Waals surface area (Å²) in [4.78, 5) is 0. The van der Waals surface area contributed by atoms with E-state index in [1.165, 1.54) is 5.56 Å². The average Bonchev–Trinajstić information content (AvgIpc) is 2.43. The Balaban J connectivity index is 2.27. The minimum atomic E-state index is -0.586. The lowest BCUT2D eigenvalue weighted by atomic mass is 9.86. The lowest BCUT2D eigenvalue weighted by Crippen LogP contribution is -2.23. The lowest BCUT2D eigenvalue weighted by molar-refractivity contribution is 0.0338. The van der Waals surface area contributed by atoms with Crippen LogP contribution in [-0.4, -0.2) is 5.11 Å². The molecule has 0 spiro atoms. The van der Waals surface area contributed by atoms with Crippen molar-refractivity contribution in [1.29, 1.82) is 0 Å². The van der Waals surface area contributed by atoms with Crippen LogP contribution in [0.2, 0.25) is 0 Å². The molecule has 1 aromatic carbocycles. The quantitative estimate of drug-likeness (QED) is 0.743. The van der Waals surface area contributed by atoms with Crippen molar-refractivity contribution in [3.63, 3.8) is 0 Å². The molecule has 82 valence electrons. The fourth-order valence-electron chi connectivity index (χ4n) is 2.62. The molecule has 0 saturated heterocycles. The van der Waals surface area contributed by atoms with Crippen LogP contribution in [0.15, 0.2) is 24.3 Å². The van der Waals surface area contributed by atoms with E-state index in [0.717, 1.165) is 24.8 Å². The Labute approximate surface area is 92.1 Å². The van der Waals surface area contributed by atoms with Crippen LogP contribution in [0.1, 0.15) is 44.2 Å². The Morgan fingerprint density at radius 2 is 1.67 bits per heavy atom. The summed E-state index contributed by atoms with van der Waals surface area (Å²) in [5.41, 5.74) is 2.02. The Bertz CT molecular complexity index is 350. The van der Waals surface area contributed by atoms with Crippen molar-refractivity contribution in [1.82, 2.24) is 0 Å². The van der Waals surface area contributed by atoms with E-state index in [9.17, 15) is 5.11 Å². The zero-order chi connectivity index (χ0) is 11.1.